The average molecular weight is 451 g/mol. The van der Waals surface area contributed by atoms with Crippen LogP contribution in [0.25, 0.3) is 0 Å². The van der Waals surface area contributed by atoms with Crippen molar-refractivity contribution in [3.8, 4) is 5.75 Å². The van der Waals surface area contributed by atoms with Crippen molar-refractivity contribution in [2.75, 3.05) is 39.8 Å². The zero-order valence-electron chi connectivity index (χ0n) is 18.7. The van der Waals surface area contributed by atoms with Gasteiger partial charge in [-0.1, -0.05) is 30.3 Å². The van der Waals surface area contributed by atoms with E-state index in [2.05, 4.69) is 39.3 Å². The van der Waals surface area contributed by atoms with Gasteiger partial charge >= 0.3 is 0 Å². The number of aromatic nitrogens is 1. The Hall–Kier alpha value is -2.74. The number of nitrogens with one attached hydrogen (secondary N) is 1. The molecule has 2 heterocycles. The molecule has 0 aliphatic carbocycles. The van der Waals surface area contributed by atoms with E-state index < -0.39 is 0 Å². The van der Waals surface area contributed by atoms with Gasteiger partial charge in [0.15, 0.2) is 0 Å². The Balaban J connectivity index is 1.38. The second kappa shape index (κ2) is 10.7. The Bertz CT molecular complexity index is 998. The summed E-state index contributed by atoms with van der Waals surface area (Å²) in [6, 6.07) is 17.5. The van der Waals surface area contributed by atoms with Crippen LogP contribution in [0.5, 0.6) is 5.75 Å². The summed E-state index contributed by atoms with van der Waals surface area (Å²) in [6.45, 7) is 7.35. The van der Waals surface area contributed by atoms with Crippen LogP contribution in [0, 0.1) is 6.92 Å². The number of carbonyl (C=O) groups is 1. The first-order chi connectivity index (χ1) is 15.6. The molecule has 1 saturated heterocycles. The van der Waals surface area contributed by atoms with Gasteiger partial charge in [-0.15, -0.1) is 11.3 Å². The van der Waals surface area contributed by atoms with Crippen molar-refractivity contribution >= 4 is 17.2 Å². The Kier molecular flexibility index (Phi) is 7.52. The lowest BCUT2D eigenvalue weighted by Crippen LogP contribution is -2.47. The third kappa shape index (κ3) is 6.16. The molecule has 1 aliphatic rings. The molecule has 0 spiro atoms. The third-order valence-electron chi connectivity index (χ3n) is 5.71. The summed E-state index contributed by atoms with van der Waals surface area (Å²) in [6.07, 6.45) is 0. The largest absolute Gasteiger partial charge is 0.487 e. The fourth-order valence-electron chi connectivity index (χ4n) is 3.78. The van der Waals surface area contributed by atoms with Crippen molar-refractivity contribution in [2.45, 2.75) is 19.6 Å². The maximum Gasteiger partial charge on any atom is 0.251 e. The fourth-order valence-corrected chi connectivity index (χ4v) is 4.38. The predicted molar refractivity (Wildman–Crippen MR) is 128 cm³/mol. The van der Waals surface area contributed by atoms with E-state index in [0.29, 0.717) is 12.2 Å². The Labute approximate surface area is 193 Å². The lowest BCUT2D eigenvalue weighted by atomic mass is 10.0. The molecule has 7 heteroatoms. The number of benzene rings is 2. The Morgan fingerprint density at radius 3 is 2.47 bits per heavy atom. The van der Waals surface area contributed by atoms with Crippen molar-refractivity contribution < 1.29 is 9.53 Å². The summed E-state index contributed by atoms with van der Waals surface area (Å²) >= 11 is 1.61. The predicted octanol–water partition coefficient (Wildman–Crippen LogP) is 3.75. The van der Waals surface area contributed by atoms with Crippen molar-refractivity contribution in [1.82, 2.24) is 20.1 Å². The molecule has 6 nitrogen and oxygen atoms in total. The maximum atomic E-state index is 13.0. The molecule has 1 fully saturated rings. The SMILES string of the molecule is Cc1nc(COc2ccc(C(=O)NC(CN3CCN(C)CC3)c3ccccc3)cc2)cs1. The average Bonchev–Trinajstić information content (AvgIpc) is 3.24. The normalized spacial score (nSPS) is 15.9. The number of amides is 1. The van der Waals surface area contributed by atoms with Crippen LogP contribution in [0.4, 0.5) is 0 Å². The minimum Gasteiger partial charge on any atom is -0.487 e. The van der Waals surface area contributed by atoms with Crippen LogP contribution in [-0.2, 0) is 6.61 Å². The first kappa shape index (κ1) is 22.5. The van der Waals surface area contributed by atoms with Gasteiger partial charge in [-0.3, -0.25) is 9.69 Å². The van der Waals surface area contributed by atoms with Crippen LogP contribution in [-0.4, -0.2) is 60.5 Å². The summed E-state index contributed by atoms with van der Waals surface area (Å²) in [5.74, 6) is 0.652. The van der Waals surface area contributed by atoms with Crippen molar-refractivity contribution in [3.63, 3.8) is 0 Å². The van der Waals surface area contributed by atoms with Gasteiger partial charge in [-0.25, -0.2) is 4.98 Å². The number of hydrogen-bond acceptors (Lipinski definition) is 6. The Morgan fingerprint density at radius 1 is 1.09 bits per heavy atom. The lowest BCUT2D eigenvalue weighted by molar-refractivity contribution is 0.0907. The van der Waals surface area contributed by atoms with Gasteiger partial charge < -0.3 is 15.0 Å². The monoisotopic (exact) mass is 450 g/mol. The quantitative estimate of drug-likeness (QED) is 0.567. The second-order valence-electron chi connectivity index (χ2n) is 8.21. The molecule has 0 bridgehead atoms. The minimum atomic E-state index is -0.0744. The maximum absolute atomic E-state index is 13.0. The Morgan fingerprint density at radius 2 is 1.81 bits per heavy atom. The summed E-state index contributed by atoms with van der Waals surface area (Å²) in [7, 11) is 2.15. The molecule has 1 atom stereocenters. The highest BCUT2D eigenvalue weighted by Gasteiger charge is 2.21. The van der Waals surface area contributed by atoms with Gasteiger partial charge in [-0.2, -0.15) is 0 Å². The molecule has 3 aromatic rings. The highest BCUT2D eigenvalue weighted by atomic mass is 32.1. The number of likely N-dealkylation sites (N-methyl/N-ethyl adjacent to an activating group) is 1. The first-order valence-electron chi connectivity index (χ1n) is 11.0. The smallest absolute Gasteiger partial charge is 0.251 e. The number of piperazine rings is 1. The molecule has 32 heavy (non-hydrogen) atoms. The molecule has 1 amide bonds. The summed E-state index contributed by atoms with van der Waals surface area (Å²) in [4.78, 5) is 22.2. The van der Waals surface area contributed by atoms with Crippen LogP contribution >= 0.6 is 11.3 Å². The van der Waals surface area contributed by atoms with E-state index in [-0.39, 0.29) is 11.9 Å². The number of aryl methyl sites for hydroxylation is 1. The summed E-state index contributed by atoms with van der Waals surface area (Å²) in [5, 5.41) is 6.27. The molecular formula is C25H30N4O2S. The van der Waals surface area contributed by atoms with Gasteiger partial charge in [0.05, 0.1) is 16.7 Å². The van der Waals surface area contributed by atoms with E-state index in [9.17, 15) is 4.79 Å². The molecule has 1 N–H and O–H groups in total. The standard InChI is InChI=1S/C25H30N4O2S/c1-19-26-22(18-32-19)17-31-23-10-8-21(9-11-23)25(30)27-24(20-6-4-3-5-7-20)16-29-14-12-28(2)13-15-29/h3-11,18,24H,12-17H2,1-2H3,(H,27,30). The van der Waals surface area contributed by atoms with E-state index in [1.165, 1.54) is 0 Å². The topological polar surface area (TPSA) is 57.7 Å². The number of carbonyl (C=O) groups excluding carboxylic acids is 1. The van der Waals surface area contributed by atoms with Crippen LogP contribution in [0.1, 0.15) is 32.7 Å². The van der Waals surface area contributed by atoms with Crippen molar-refractivity contribution in [1.29, 1.82) is 0 Å². The number of ether oxygens (including phenoxy) is 1. The van der Waals surface area contributed by atoms with Gasteiger partial charge in [-0.05, 0) is 43.8 Å². The minimum absolute atomic E-state index is 0.0593. The molecular weight excluding hydrogens is 420 g/mol. The van der Waals surface area contributed by atoms with Gasteiger partial charge in [0, 0.05) is 43.7 Å². The second-order valence-corrected chi connectivity index (χ2v) is 9.27. The van der Waals surface area contributed by atoms with Gasteiger partial charge in [0.25, 0.3) is 5.91 Å². The van der Waals surface area contributed by atoms with Crippen LogP contribution in [0.3, 0.4) is 0 Å². The first-order valence-corrected chi connectivity index (χ1v) is 11.9. The molecule has 1 aliphatic heterocycles. The van der Waals surface area contributed by atoms with E-state index in [1.54, 1.807) is 11.3 Å². The van der Waals surface area contributed by atoms with E-state index in [4.69, 9.17) is 4.74 Å². The third-order valence-corrected chi connectivity index (χ3v) is 6.54. The molecule has 4 rings (SSSR count). The van der Waals surface area contributed by atoms with E-state index in [1.807, 2.05) is 54.8 Å². The summed E-state index contributed by atoms with van der Waals surface area (Å²) in [5.41, 5.74) is 2.67. The number of nitrogens with zero attached hydrogens (tertiary/aromatic N) is 3. The van der Waals surface area contributed by atoms with Gasteiger partial charge in [0.2, 0.25) is 0 Å². The highest BCUT2D eigenvalue weighted by molar-refractivity contribution is 7.09. The molecule has 0 saturated carbocycles. The number of hydrogen-bond donors (Lipinski definition) is 1. The fraction of sp³-hybridized carbons (Fsp3) is 0.360. The number of thiazole rings is 1. The van der Waals surface area contributed by atoms with E-state index in [0.717, 1.165) is 54.7 Å². The highest BCUT2D eigenvalue weighted by Crippen LogP contribution is 2.19. The zero-order valence-corrected chi connectivity index (χ0v) is 19.5. The van der Waals surface area contributed by atoms with Crippen molar-refractivity contribution in [2.24, 2.45) is 0 Å². The van der Waals surface area contributed by atoms with Crippen LogP contribution in [0.15, 0.2) is 60.0 Å². The van der Waals surface area contributed by atoms with E-state index >= 15 is 0 Å². The number of rotatable bonds is 8. The molecule has 1 unspecified atom stereocenters. The van der Waals surface area contributed by atoms with Crippen LogP contribution in [0.2, 0.25) is 0 Å². The molecule has 1 aromatic heterocycles. The molecule has 0 radical (unpaired) electrons. The van der Waals surface area contributed by atoms with Crippen molar-refractivity contribution in [3.05, 3.63) is 81.8 Å². The van der Waals surface area contributed by atoms with Gasteiger partial charge in [0.1, 0.15) is 12.4 Å². The molecule has 2 aromatic carbocycles. The van der Waals surface area contributed by atoms with Crippen LogP contribution < -0.4 is 10.1 Å². The lowest BCUT2D eigenvalue weighted by Gasteiger charge is -2.35. The summed E-state index contributed by atoms with van der Waals surface area (Å²) < 4.78 is 5.80. The zero-order chi connectivity index (χ0) is 22.3. The molecule has 168 valence electrons.